The Morgan fingerprint density at radius 3 is 2.25 bits per heavy atom. The number of ether oxygens (including phenoxy) is 3. The summed E-state index contributed by atoms with van der Waals surface area (Å²) in [5.41, 5.74) is 0.222. The normalized spacial score (nSPS) is 11.7. The Morgan fingerprint density at radius 1 is 1.11 bits per heavy atom. The van der Waals surface area contributed by atoms with Crippen LogP contribution in [0.1, 0.15) is 71.1 Å². The number of ketones is 1. The van der Waals surface area contributed by atoms with Crippen LogP contribution in [0.2, 0.25) is 0 Å². The number of aliphatic hydroxyl groups is 1. The lowest BCUT2D eigenvalue weighted by atomic mass is 9.98. The highest BCUT2D eigenvalue weighted by Crippen LogP contribution is 2.29. The van der Waals surface area contributed by atoms with Crippen LogP contribution in [-0.2, 0) is 19.1 Å². The molecule has 1 amide bonds. The Kier molecular flexibility index (Phi) is 15.0. The molecule has 0 bridgehead atoms. The van der Waals surface area contributed by atoms with E-state index in [2.05, 4.69) is 26.9 Å². The topological polar surface area (TPSA) is 160 Å². The molecule has 0 saturated carbocycles. The molecule has 4 N–H and O–H groups in total. The van der Waals surface area contributed by atoms with Gasteiger partial charge in [0.1, 0.15) is 36.4 Å². The van der Waals surface area contributed by atoms with Crippen LogP contribution >= 0.6 is 0 Å². The summed E-state index contributed by atoms with van der Waals surface area (Å²) in [6, 6.07) is 6.37. The van der Waals surface area contributed by atoms with Crippen molar-refractivity contribution in [2.24, 2.45) is 0 Å². The Morgan fingerprint density at radius 2 is 1.75 bits per heavy atom. The molecular formula is C30H39F3N4O7. The number of benzene rings is 1. The standard InChI is InChI=1S/C24H29F3N4O6.C6H10O/c1-5-17(28)20-16(18(32)13-35-19(33)12-30-22(34)37-23(2,3)4)10-11-29-21(20)31-14-6-8-15(9-7-14)36-24(25,26)27;1-3-5-6(7)4-2/h6-11,18,28,32H,5,12-13H2,1-4H3,(H,29,31)(H,30,34);4H,2-3,5H2,1H3. The van der Waals surface area contributed by atoms with E-state index in [1.807, 2.05) is 6.92 Å². The lowest BCUT2D eigenvalue weighted by Crippen LogP contribution is -2.36. The second kappa shape index (κ2) is 17.6. The zero-order chi connectivity index (χ0) is 33.5. The Bertz CT molecular complexity index is 1280. The third kappa shape index (κ3) is 14.6. The van der Waals surface area contributed by atoms with Crippen LogP contribution in [0, 0.1) is 5.41 Å². The van der Waals surface area contributed by atoms with Crippen molar-refractivity contribution in [1.82, 2.24) is 10.3 Å². The molecule has 1 heterocycles. The number of halogens is 3. The Labute approximate surface area is 254 Å². The van der Waals surface area contributed by atoms with E-state index in [9.17, 15) is 32.7 Å². The number of aliphatic hydroxyl groups excluding tert-OH is 1. The van der Waals surface area contributed by atoms with Gasteiger partial charge in [0.25, 0.3) is 0 Å². The molecule has 0 radical (unpaired) electrons. The number of carbonyl (C=O) groups excluding carboxylic acids is 3. The van der Waals surface area contributed by atoms with Crippen molar-refractivity contribution in [3.05, 3.63) is 60.3 Å². The van der Waals surface area contributed by atoms with Crippen LogP contribution < -0.4 is 15.4 Å². The van der Waals surface area contributed by atoms with Gasteiger partial charge in [0, 0.05) is 29.6 Å². The molecule has 2 aromatic rings. The Hall–Kier alpha value is -4.46. The number of hydrogen-bond donors (Lipinski definition) is 4. The van der Waals surface area contributed by atoms with Gasteiger partial charge in [0.05, 0.1) is 0 Å². The molecule has 242 valence electrons. The number of nitrogens with zero attached hydrogens (tertiary/aromatic N) is 1. The maximum absolute atomic E-state index is 12.4. The molecule has 0 fully saturated rings. The minimum absolute atomic E-state index is 0.111. The van der Waals surface area contributed by atoms with Crippen molar-refractivity contribution in [3.8, 4) is 5.75 Å². The Balaban J connectivity index is 0.00000123. The first-order valence-corrected chi connectivity index (χ1v) is 13.6. The number of alkyl carbamates (subject to hydrolysis) is 1. The molecule has 1 aromatic carbocycles. The van der Waals surface area contributed by atoms with Gasteiger partial charge in [-0.15, -0.1) is 13.2 Å². The van der Waals surface area contributed by atoms with Crippen molar-refractivity contribution >= 4 is 35.1 Å². The lowest BCUT2D eigenvalue weighted by molar-refractivity contribution is -0.274. The summed E-state index contributed by atoms with van der Waals surface area (Å²) < 4.78 is 51.1. The molecule has 0 aliphatic heterocycles. The predicted molar refractivity (Wildman–Crippen MR) is 158 cm³/mol. The first-order valence-electron chi connectivity index (χ1n) is 13.6. The number of amides is 1. The number of anilines is 2. The van der Waals surface area contributed by atoms with E-state index in [0.29, 0.717) is 12.1 Å². The van der Waals surface area contributed by atoms with E-state index < -0.39 is 49.0 Å². The smallest absolute Gasteiger partial charge is 0.461 e. The zero-order valence-electron chi connectivity index (χ0n) is 25.3. The molecule has 1 unspecified atom stereocenters. The van der Waals surface area contributed by atoms with Crippen LogP contribution in [0.25, 0.3) is 0 Å². The number of hydrogen-bond acceptors (Lipinski definition) is 10. The van der Waals surface area contributed by atoms with Crippen LogP contribution in [0.4, 0.5) is 29.5 Å². The summed E-state index contributed by atoms with van der Waals surface area (Å²) in [5.74, 6) is -0.904. The number of nitrogens with one attached hydrogen (secondary N) is 3. The molecule has 11 nitrogen and oxygen atoms in total. The maximum atomic E-state index is 12.4. The molecule has 0 saturated heterocycles. The highest BCUT2D eigenvalue weighted by Gasteiger charge is 2.31. The summed E-state index contributed by atoms with van der Waals surface area (Å²) in [5, 5.41) is 24.2. The average Bonchev–Trinajstić information content (AvgIpc) is 2.94. The van der Waals surface area contributed by atoms with Gasteiger partial charge in [-0.1, -0.05) is 20.4 Å². The third-order valence-corrected chi connectivity index (χ3v) is 5.25. The summed E-state index contributed by atoms with van der Waals surface area (Å²) >= 11 is 0. The first kappa shape index (κ1) is 37.6. The van der Waals surface area contributed by atoms with E-state index >= 15 is 0 Å². The number of allylic oxidation sites excluding steroid dienone is 1. The van der Waals surface area contributed by atoms with Gasteiger partial charge in [-0.25, -0.2) is 9.78 Å². The van der Waals surface area contributed by atoms with Crippen molar-refractivity contribution in [3.63, 3.8) is 0 Å². The van der Waals surface area contributed by atoms with Crippen molar-refractivity contribution < 1.29 is 46.9 Å². The molecule has 1 atom stereocenters. The average molecular weight is 625 g/mol. The number of pyridine rings is 1. The van der Waals surface area contributed by atoms with Crippen LogP contribution in [0.3, 0.4) is 0 Å². The highest BCUT2D eigenvalue weighted by molar-refractivity contribution is 6.04. The molecule has 2 rings (SSSR count). The quantitative estimate of drug-likeness (QED) is 0.117. The number of rotatable bonds is 13. The van der Waals surface area contributed by atoms with Gasteiger partial charge < -0.3 is 35.4 Å². The molecule has 14 heteroatoms. The molecule has 0 aliphatic rings. The number of carbonyl (C=O) groups is 3. The van der Waals surface area contributed by atoms with Gasteiger partial charge in [-0.2, -0.15) is 0 Å². The van der Waals surface area contributed by atoms with E-state index in [4.69, 9.17) is 14.9 Å². The summed E-state index contributed by atoms with van der Waals surface area (Å²) in [7, 11) is 0. The van der Waals surface area contributed by atoms with Gasteiger partial charge in [-0.3, -0.25) is 9.59 Å². The van der Waals surface area contributed by atoms with Crippen molar-refractivity contribution in [2.45, 2.75) is 71.9 Å². The van der Waals surface area contributed by atoms with Gasteiger partial charge in [0.15, 0.2) is 5.78 Å². The highest BCUT2D eigenvalue weighted by atomic mass is 19.4. The molecular weight excluding hydrogens is 585 g/mol. The summed E-state index contributed by atoms with van der Waals surface area (Å²) in [6.45, 7) is 11.1. The van der Waals surface area contributed by atoms with Gasteiger partial charge in [-0.05, 0) is 75.6 Å². The minimum atomic E-state index is -4.82. The first-order chi connectivity index (χ1) is 20.5. The number of alkyl halides is 3. The monoisotopic (exact) mass is 624 g/mol. The molecule has 44 heavy (non-hydrogen) atoms. The van der Waals surface area contributed by atoms with Crippen LogP contribution in [0.5, 0.6) is 5.75 Å². The minimum Gasteiger partial charge on any atom is -0.461 e. The predicted octanol–water partition coefficient (Wildman–Crippen LogP) is 6.14. The fourth-order valence-electron chi connectivity index (χ4n) is 3.34. The molecule has 0 aliphatic carbocycles. The fourth-order valence-corrected chi connectivity index (χ4v) is 3.34. The third-order valence-electron chi connectivity index (χ3n) is 5.25. The van der Waals surface area contributed by atoms with Crippen LogP contribution in [-0.4, -0.2) is 58.8 Å². The van der Waals surface area contributed by atoms with Gasteiger partial charge in [0.2, 0.25) is 0 Å². The van der Waals surface area contributed by atoms with Gasteiger partial charge >= 0.3 is 18.4 Å². The van der Waals surface area contributed by atoms with Crippen molar-refractivity contribution in [2.75, 3.05) is 18.5 Å². The van der Waals surface area contributed by atoms with Crippen molar-refractivity contribution in [1.29, 1.82) is 5.41 Å². The largest absolute Gasteiger partial charge is 0.573 e. The van der Waals surface area contributed by atoms with E-state index in [1.165, 1.54) is 30.5 Å². The zero-order valence-corrected chi connectivity index (χ0v) is 25.3. The maximum Gasteiger partial charge on any atom is 0.573 e. The second-order valence-corrected chi connectivity index (χ2v) is 10.1. The SMILES string of the molecule is C=CC(=O)CCC.CCC(=N)c1c(C(O)COC(=O)CNC(=O)OC(C)(C)C)ccnc1Nc1ccc(OC(F)(F)F)cc1. The number of esters is 1. The van der Waals surface area contributed by atoms with E-state index in [-0.39, 0.29) is 34.9 Å². The fraction of sp³-hybridized carbons (Fsp3) is 0.433. The summed E-state index contributed by atoms with van der Waals surface area (Å²) in [6.07, 6.45) is -2.39. The van der Waals surface area contributed by atoms with E-state index in [1.54, 1.807) is 27.7 Å². The summed E-state index contributed by atoms with van der Waals surface area (Å²) in [4.78, 5) is 38.1. The second-order valence-electron chi connectivity index (χ2n) is 10.1. The molecule has 0 spiro atoms. The molecule has 1 aromatic heterocycles. The van der Waals surface area contributed by atoms with Crippen LogP contribution in [0.15, 0.2) is 49.2 Å². The van der Waals surface area contributed by atoms with E-state index in [0.717, 1.165) is 18.6 Å². The lowest BCUT2D eigenvalue weighted by Gasteiger charge is -2.20. The number of aromatic nitrogens is 1.